The monoisotopic (exact) mass is 413 g/mol. The van der Waals surface area contributed by atoms with Gasteiger partial charge >= 0.3 is 5.97 Å². The second kappa shape index (κ2) is 7.38. The fraction of sp³-hybridized carbons (Fsp3) is 0. The molecule has 0 atom stereocenters. The number of rotatable bonds is 4. The van der Waals surface area contributed by atoms with Crippen molar-refractivity contribution in [1.29, 1.82) is 0 Å². The molecule has 4 aromatic rings. The van der Waals surface area contributed by atoms with Crippen LogP contribution in [0.15, 0.2) is 66.7 Å². The number of carboxylic acid groups (broad SMARTS) is 1. The predicted octanol–water partition coefficient (Wildman–Crippen LogP) is 3.84. The van der Waals surface area contributed by atoms with Crippen molar-refractivity contribution in [1.82, 2.24) is 0 Å². The minimum absolute atomic E-state index is 0.0646. The minimum Gasteiger partial charge on any atom is -0.506 e. The van der Waals surface area contributed by atoms with E-state index in [1.165, 1.54) is 6.07 Å². The number of fused-ring (bicyclic) bond motifs is 1. The van der Waals surface area contributed by atoms with Gasteiger partial charge in [-0.25, -0.2) is 4.79 Å². The van der Waals surface area contributed by atoms with Crippen molar-refractivity contribution in [3.63, 3.8) is 0 Å². The van der Waals surface area contributed by atoms with Crippen LogP contribution in [0.1, 0.15) is 20.7 Å². The van der Waals surface area contributed by atoms with Gasteiger partial charge in [0.25, 0.3) is 0 Å². The van der Waals surface area contributed by atoms with Crippen molar-refractivity contribution in [2.75, 3.05) is 11.5 Å². The fourth-order valence-electron chi connectivity index (χ4n) is 3.87. The summed E-state index contributed by atoms with van der Waals surface area (Å²) in [6.45, 7) is 0. The first-order valence-electron chi connectivity index (χ1n) is 9.36. The number of hydrogen-bond donors (Lipinski definition) is 5. The Labute approximate surface area is 177 Å². The molecule has 0 aromatic heterocycles. The molecule has 0 heterocycles. The number of benzene rings is 4. The van der Waals surface area contributed by atoms with E-state index < -0.39 is 17.6 Å². The summed E-state index contributed by atoms with van der Waals surface area (Å²) in [6, 6.07) is 18.6. The van der Waals surface area contributed by atoms with E-state index in [0.29, 0.717) is 22.4 Å². The lowest BCUT2D eigenvalue weighted by molar-refractivity contribution is 0.0695. The maximum atomic E-state index is 12.6. The van der Waals surface area contributed by atoms with Crippen molar-refractivity contribution in [3.05, 3.63) is 77.9 Å². The first-order chi connectivity index (χ1) is 14.8. The van der Waals surface area contributed by atoms with E-state index in [1.54, 1.807) is 60.7 Å². The molecular weight excluding hydrogens is 394 g/mol. The van der Waals surface area contributed by atoms with Crippen molar-refractivity contribution >= 4 is 34.0 Å². The molecule has 0 aliphatic heterocycles. The number of aromatic carboxylic acids is 1. The van der Waals surface area contributed by atoms with Crippen LogP contribution in [-0.2, 0) is 0 Å². The molecule has 0 radical (unpaired) electrons. The van der Waals surface area contributed by atoms with Gasteiger partial charge in [0.15, 0.2) is 0 Å². The van der Waals surface area contributed by atoms with Gasteiger partial charge in [0.2, 0.25) is 5.91 Å². The molecule has 0 aliphatic carbocycles. The van der Waals surface area contributed by atoms with Gasteiger partial charge in [0.1, 0.15) is 11.3 Å². The molecule has 0 saturated carbocycles. The van der Waals surface area contributed by atoms with Crippen LogP contribution in [0.3, 0.4) is 0 Å². The van der Waals surface area contributed by atoms with E-state index in [9.17, 15) is 19.8 Å². The second-order valence-electron chi connectivity index (χ2n) is 7.08. The Morgan fingerprint density at radius 2 is 1.42 bits per heavy atom. The highest BCUT2D eigenvalue weighted by molar-refractivity contribution is 6.23. The van der Waals surface area contributed by atoms with E-state index in [1.807, 2.05) is 0 Å². The molecule has 8 N–H and O–H groups in total. The predicted molar refractivity (Wildman–Crippen MR) is 121 cm³/mol. The molecule has 4 aromatic carbocycles. The standard InChI is InChI=1S/C24H19N3O4/c25-14-8-6-12(7-9-14)15-10-11-16-18(19(15)23(27)29)21(26)17(13-4-2-1-3-5-13)22(28)20(16)24(30)31/h1-11,28H,25-26H2,(H2,27,29)(H,30,31). The third-order valence-electron chi connectivity index (χ3n) is 5.23. The summed E-state index contributed by atoms with van der Waals surface area (Å²) in [5, 5.41) is 21.0. The van der Waals surface area contributed by atoms with Gasteiger partial charge in [-0.3, -0.25) is 4.79 Å². The number of primary amides is 1. The van der Waals surface area contributed by atoms with Crippen molar-refractivity contribution < 1.29 is 19.8 Å². The number of carbonyl (C=O) groups is 2. The summed E-state index contributed by atoms with van der Waals surface area (Å²) in [5.74, 6) is -2.60. The zero-order valence-corrected chi connectivity index (χ0v) is 16.3. The van der Waals surface area contributed by atoms with E-state index in [4.69, 9.17) is 17.2 Å². The number of phenols is 1. The molecule has 7 heteroatoms. The quantitative estimate of drug-likeness (QED) is 0.320. The number of carbonyl (C=O) groups excluding carboxylic acids is 1. The summed E-state index contributed by atoms with van der Waals surface area (Å²) in [6.07, 6.45) is 0. The molecule has 31 heavy (non-hydrogen) atoms. The Balaban J connectivity index is 2.21. The van der Waals surface area contributed by atoms with Gasteiger partial charge in [0, 0.05) is 22.0 Å². The third-order valence-corrected chi connectivity index (χ3v) is 5.23. The molecule has 0 aliphatic rings. The number of hydrogen-bond acceptors (Lipinski definition) is 5. The zero-order chi connectivity index (χ0) is 22.3. The molecule has 0 fully saturated rings. The van der Waals surface area contributed by atoms with E-state index >= 15 is 0 Å². The summed E-state index contributed by atoms with van der Waals surface area (Å²) in [5.41, 5.74) is 20.1. The average Bonchev–Trinajstić information content (AvgIpc) is 2.74. The highest BCUT2D eigenvalue weighted by Crippen LogP contribution is 2.46. The SMILES string of the molecule is NC(=O)c1c(-c2ccc(N)cc2)ccc2c(C(=O)O)c(O)c(-c3ccccc3)c(N)c12. The molecule has 4 rings (SSSR count). The maximum Gasteiger partial charge on any atom is 0.340 e. The highest BCUT2D eigenvalue weighted by atomic mass is 16.4. The smallest absolute Gasteiger partial charge is 0.340 e. The Morgan fingerprint density at radius 3 is 2.00 bits per heavy atom. The summed E-state index contributed by atoms with van der Waals surface area (Å²) in [4.78, 5) is 24.6. The molecule has 0 bridgehead atoms. The van der Waals surface area contributed by atoms with Crippen LogP contribution in [-0.4, -0.2) is 22.1 Å². The third kappa shape index (κ3) is 3.18. The molecular formula is C24H19N3O4. The number of aromatic hydroxyl groups is 1. The number of anilines is 2. The van der Waals surface area contributed by atoms with E-state index in [2.05, 4.69) is 0 Å². The van der Waals surface area contributed by atoms with Gasteiger partial charge in [0.05, 0.1) is 11.3 Å². The molecule has 154 valence electrons. The van der Waals surface area contributed by atoms with Crippen LogP contribution < -0.4 is 17.2 Å². The Hall–Kier alpha value is -4.52. The second-order valence-corrected chi connectivity index (χ2v) is 7.08. The van der Waals surface area contributed by atoms with Crippen molar-refractivity contribution in [2.24, 2.45) is 5.73 Å². The van der Waals surface area contributed by atoms with Gasteiger partial charge < -0.3 is 27.4 Å². The lowest BCUT2D eigenvalue weighted by Gasteiger charge is -2.19. The van der Waals surface area contributed by atoms with Crippen LogP contribution in [0, 0.1) is 0 Å². The van der Waals surface area contributed by atoms with Gasteiger partial charge in [-0.15, -0.1) is 0 Å². The fourth-order valence-corrected chi connectivity index (χ4v) is 3.87. The topological polar surface area (TPSA) is 153 Å². The van der Waals surface area contributed by atoms with Crippen molar-refractivity contribution in [2.45, 2.75) is 0 Å². The molecule has 0 spiro atoms. The molecule has 1 amide bonds. The van der Waals surface area contributed by atoms with Gasteiger partial charge in [-0.05, 0) is 28.8 Å². The molecule has 0 saturated heterocycles. The number of nitrogen functional groups attached to an aromatic ring is 2. The highest BCUT2D eigenvalue weighted by Gasteiger charge is 2.27. The van der Waals surface area contributed by atoms with Crippen LogP contribution in [0.4, 0.5) is 11.4 Å². The Morgan fingerprint density at radius 1 is 0.774 bits per heavy atom. The minimum atomic E-state index is -1.35. The number of amides is 1. The normalized spacial score (nSPS) is 10.8. The number of carboxylic acids is 1. The molecule has 7 nitrogen and oxygen atoms in total. The van der Waals surface area contributed by atoms with Gasteiger partial charge in [-0.2, -0.15) is 0 Å². The number of nitrogens with two attached hydrogens (primary N) is 3. The van der Waals surface area contributed by atoms with Crippen LogP contribution in [0.2, 0.25) is 0 Å². The zero-order valence-electron chi connectivity index (χ0n) is 16.3. The van der Waals surface area contributed by atoms with Crippen molar-refractivity contribution in [3.8, 4) is 28.0 Å². The summed E-state index contributed by atoms with van der Waals surface area (Å²) in [7, 11) is 0. The van der Waals surface area contributed by atoms with Gasteiger partial charge in [-0.1, -0.05) is 54.6 Å². The lowest BCUT2D eigenvalue weighted by atomic mass is 9.87. The lowest BCUT2D eigenvalue weighted by Crippen LogP contribution is -2.15. The summed E-state index contributed by atoms with van der Waals surface area (Å²) < 4.78 is 0. The maximum absolute atomic E-state index is 12.6. The van der Waals surface area contributed by atoms with E-state index in [-0.39, 0.29) is 33.2 Å². The largest absolute Gasteiger partial charge is 0.506 e. The van der Waals surface area contributed by atoms with Crippen LogP contribution in [0.25, 0.3) is 33.0 Å². The average molecular weight is 413 g/mol. The Kier molecular flexibility index (Phi) is 4.71. The molecule has 0 unspecified atom stereocenters. The van der Waals surface area contributed by atoms with Crippen LogP contribution >= 0.6 is 0 Å². The Bertz CT molecular complexity index is 1350. The van der Waals surface area contributed by atoms with E-state index in [0.717, 1.165) is 0 Å². The first-order valence-corrected chi connectivity index (χ1v) is 9.36. The summed E-state index contributed by atoms with van der Waals surface area (Å²) >= 11 is 0. The van der Waals surface area contributed by atoms with Crippen LogP contribution in [0.5, 0.6) is 5.75 Å². The first kappa shape index (κ1) is 19.8.